The Morgan fingerprint density at radius 3 is 1.86 bits per heavy atom. The number of carbonyl (C=O) groups is 12. The molecule has 512 valence electrons. The summed E-state index contributed by atoms with van der Waals surface area (Å²) in [5.74, 6) is -8.00. The first-order valence-corrected chi connectivity index (χ1v) is 33.5. The highest BCUT2D eigenvalue weighted by atomic mass is 16.6. The van der Waals surface area contributed by atoms with E-state index in [-0.39, 0.29) is 63.1 Å². The average Bonchev–Trinajstić information content (AvgIpc) is 1.73. The second kappa shape index (κ2) is 33.4. The monoisotopic (exact) mass is 1290 g/mol. The molecule has 0 spiro atoms. The topological polar surface area (TPSA) is 272 Å². The van der Waals surface area contributed by atoms with Gasteiger partial charge in [-0.15, -0.1) is 0 Å². The zero-order valence-electron chi connectivity index (χ0n) is 57.2. The summed E-state index contributed by atoms with van der Waals surface area (Å²) >= 11 is 0. The van der Waals surface area contributed by atoms with Gasteiger partial charge in [0.15, 0.2) is 11.6 Å². The van der Waals surface area contributed by atoms with Crippen LogP contribution < -0.4 is 5.32 Å². The summed E-state index contributed by atoms with van der Waals surface area (Å²) in [5.41, 5.74) is 1.17. The third kappa shape index (κ3) is 18.2. The second-order valence-electron chi connectivity index (χ2n) is 27.0. The van der Waals surface area contributed by atoms with Crippen LogP contribution in [0.4, 0.5) is 4.79 Å². The molecule has 6 rings (SSSR count). The molecule has 9 amide bonds. The van der Waals surface area contributed by atoms with Crippen molar-refractivity contribution in [2.75, 3.05) is 61.4 Å². The molecule has 0 bridgehead atoms. The molecule has 2 heterocycles. The van der Waals surface area contributed by atoms with Crippen LogP contribution >= 0.6 is 0 Å². The second-order valence-corrected chi connectivity index (χ2v) is 27.0. The first-order chi connectivity index (χ1) is 44.0. The van der Waals surface area contributed by atoms with Gasteiger partial charge >= 0.3 is 12.1 Å². The molecule has 23 nitrogen and oxygen atoms in total. The van der Waals surface area contributed by atoms with Gasteiger partial charge in [-0.3, -0.25) is 57.6 Å². The molecule has 2 aromatic carbocycles. The van der Waals surface area contributed by atoms with Crippen LogP contribution in [0.3, 0.4) is 0 Å². The van der Waals surface area contributed by atoms with E-state index in [1.165, 1.54) is 69.4 Å². The summed E-state index contributed by atoms with van der Waals surface area (Å²) in [7, 11) is 7.31. The Morgan fingerprint density at radius 2 is 1.30 bits per heavy atom. The normalized spacial score (nSPS) is 19.2. The minimum Gasteiger partial charge on any atom is -0.480 e. The Labute approximate surface area is 549 Å². The number of carboxylic acids is 1. The van der Waals surface area contributed by atoms with Crippen LogP contribution in [0.5, 0.6) is 0 Å². The average molecular weight is 1290 g/mol. The first-order valence-electron chi connectivity index (χ1n) is 33.5. The lowest BCUT2D eigenvalue weighted by molar-refractivity contribution is -0.161. The fraction of sp³-hybridized carbons (Fsp3) is 0.657. The van der Waals surface area contributed by atoms with Crippen molar-refractivity contribution in [2.45, 2.75) is 213 Å². The number of Topliss-reactive ketones (excluding diaryl/α,β-unsaturated/α-hetero) is 2. The summed E-state index contributed by atoms with van der Waals surface area (Å²) in [6.07, 6.45) is 5.34. The van der Waals surface area contributed by atoms with E-state index in [1.807, 2.05) is 89.2 Å². The van der Waals surface area contributed by atoms with E-state index in [2.05, 4.69) is 5.32 Å². The maximum absolute atomic E-state index is 15.2. The van der Waals surface area contributed by atoms with Crippen molar-refractivity contribution in [3.63, 3.8) is 0 Å². The summed E-state index contributed by atoms with van der Waals surface area (Å²) in [4.78, 5) is 181. The van der Waals surface area contributed by atoms with Crippen LogP contribution in [0.2, 0.25) is 0 Å². The number of aliphatic carboxylic acids is 1. The number of aryl methyl sites for hydroxylation is 1. The van der Waals surface area contributed by atoms with Crippen LogP contribution in [0.25, 0.3) is 0 Å². The van der Waals surface area contributed by atoms with Crippen LogP contribution in [0.1, 0.15) is 161 Å². The molecule has 4 fully saturated rings. The third-order valence-electron chi connectivity index (χ3n) is 20.2. The van der Waals surface area contributed by atoms with Gasteiger partial charge in [-0.2, -0.15) is 0 Å². The molecule has 0 aromatic heterocycles. The van der Waals surface area contributed by atoms with E-state index < -0.39 is 138 Å². The number of nitrogens with one attached hydrogen (secondary N) is 1. The minimum absolute atomic E-state index is 0.0318. The van der Waals surface area contributed by atoms with Gasteiger partial charge in [0.1, 0.15) is 48.9 Å². The van der Waals surface area contributed by atoms with Crippen LogP contribution in [-0.2, 0) is 70.5 Å². The molecule has 2 saturated heterocycles. The quantitative estimate of drug-likeness (QED) is 0.0840. The molecule has 2 saturated carbocycles. The summed E-state index contributed by atoms with van der Waals surface area (Å²) in [6, 6.07) is 9.24. The Bertz CT molecular complexity index is 3000. The zero-order valence-corrected chi connectivity index (χ0v) is 57.2. The van der Waals surface area contributed by atoms with Gasteiger partial charge in [-0.25, -0.2) is 4.79 Å². The number of hydrogen-bond acceptors (Lipinski definition) is 13. The Hall–Kier alpha value is -7.72. The molecular formula is C70H103N9O14. The van der Waals surface area contributed by atoms with E-state index in [1.54, 1.807) is 20.9 Å². The number of likely N-dealkylation sites (tertiary alicyclic amines) is 2. The number of likely N-dealkylation sites (N-methyl/N-ethyl adjacent to an activating group) is 6. The number of carboxylic acid groups (broad SMARTS) is 1. The van der Waals surface area contributed by atoms with Crippen molar-refractivity contribution in [3.05, 3.63) is 71.3 Å². The van der Waals surface area contributed by atoms with Crippen molar-refractivity contribution in [1.29, 1.82) is 0 Å². The largest absolute Gasteiger partial charge is 0.480 e. The van der Waals surface area contributed by atoms with Crippen LogP contribution in [0.15, 0.2) is 54.6 Å². The summed E-state index contributed by atoms with van der Waals surface area (Å²) in [6.45, 7) is 14.0. The highest BCUT2D eigenvalue weighted by Crippen LogP contribution is 2.37. The Morgan fingerprint density at radius 1 is 0.667 bits per heavy atom. The van der Waals surface area contributed by atoms with Gasteiger partial charge in [0.2, 0.25) is 47.3 Å². The van der Waals surface area contributed by atoms with Crippen LogP contribution in [0, 0.1) is 30.6 Å². The van der Waals surface area contributed by atoms with Gasteiger partial charge in [-0.1, -0.05) is 120 Å². The van der Waals surface area contributed by atoms with E-state index in [0.29, 0.717) is 64.3 Å². The molecular weight excluding hydrogens is 1190 g/mol. The molecule has 93 heavy (non-hydrogen) atoms. The number of rotatable bonds is 31. The first kappa shape index (κ1) is 74.3. The maximum Gasteiger partial charge on any atom is 0.410 e. The number of carbonyl (C=O) groups excluding carboxylic acids is 11. The maximum atomic E-state index is 15.2. The summed E-state index contributed by atoms with van der Waals surface area (Å²) < 4.78 is 5.61. The number of hydrogen-bond donors (Lipinski definition) is 2. The smallest absolute Gasteiger partial charge is 0.410 e. The number of benzene rings is 2. The molecule has 9 atom stereocenters. The number of ketones is 2. The molecule has 2 aliphatic carbocycles. The van der Waals surface area contributed by atoms with E-state index in [0.717, 1.165) is 34.4 Å². The fourth-order valence-corrected chi connectivity index (χ4v) is 14.0. The highest BCUT2D eigenvalue weighted by Gasteiger charge is 2.51. The SMILES string of the molecule is CC[C@H](C)[C@H](CC(=O)[C@H](CC(C)C)N(C)C(=O)C[C@@H](C(C)=O)N(C)C(=O)[C@H](C1CCCC1)N(C)C(=O)C1(NC(=O)[C@@H]2CCCN2C(=O)OCc2ccccc2)CCCC1)C(=O)N(C)[C@@H](C)C(=O)N1CC[C@H]1C(=O)N(CC)[C@@H](Cc1ccc(C)cc1)C(=O)N(C)CC(=O)O. The van der Waals surface area contributed by atoms with E-state index >= 15 is 9.59 Å². The van der Waals surface area contributed by atoms with Crippen molar-refractivity contribution in [1.82, 2.24) is 44.5 Å². The predicted octanol–water partition coefficient (Wildman–Crippen LogP) is 6.29. The minimum atomic E-state index is -1.37. The van der Waals surface area contributed by atoms with Crippen molar-refractivity contribution in [2.24, 2.45) is 23.7 Å². The number of amides is 9. The molecule has 0 radical (unpaired) electrons. The standard InChI is InChI=1S/C70H103N9O14/c1-14-46(6)52(64(87)73(10)47(7)63(86)78-37-33-54(78)66(89)77(15-2)57(65(88)72(9)42-60(83)84)39-49-31-29-45(5)30-32-49)40-58(81)56(38-44(3)4)74(11)59(82)41-55(48(8)80)75(12)67(90)61(51-26-19-20-27-51)76(13)68(91)70(34-21-22-35-70)71-62(85)53-28-23-36-79(53)69(92)93-43-50-24-17-16-18-25-50/h16-18,24-25,29-32,44,46-47,51-57,61H,14-15,19-23,26-28,33-43H2,1-13H3,(H,71,85)(H,83,84)/t46-,47-,52-,53-,54-,55-,56-,57-,61-/m0/s1. The molecule has 2 aromatic rings. The highest BCUT2D eigenvalue weighted by molar-refractivity contribution is 6.00. The lowest BCUT2D eigenvalue weighted by Crippen LogP contribution is -2.65. The lowest BCUT2D eigenvalue weighted by Gasteiger charge is -2.45. The fourth-order valence-electron chi connectivity index (χ4n) is 14.0. The van der Waals surface area contributed by atoms with Crippen molar-refractivity contribution in [3.8, 4) is 0 Å². The van der Waals surface area contributed by atoms with E-state index in [9.17, 15) is 53.1 Å². The third-order valence-corrected chi connectivity index (χ3v) is 20.2. The zero-order chi connectivity index (χ0) is 68.8. The molecule has 23 heteroatoms. The van der Waals surface area contributed by atoms with Gasteiger partial charge in [0, 0.05) is 73.6 Å². The molecule has 2 N–H and O–H groups in total. The molecule has 2 aliphatic heterocycles. The van der Waals surface area contributed by atoms with E-state index in [4.69, 9.17) is 4.74 Å². The van der Waals surface area contributed by atoms with Crippen LogP contribution in [-0.4, -0.2) is 224 Å². The summed E-state index contributed by atoms with van der Waals surface area (Å²) in [5, 5.41) is 12.6. The van der Waals surface area contributed by atoms with Gasteiger partial charge in [0.25, 0.3) is 0 Å². The molecule has 4 aliphatic rings. The lowest BCUT2D eigenvalue weighted by atomic mass is 9.83. The van der Waals surface area contributed by atoms with Gasteiger partial charge < -0.3 is 49.5 Å². The number of nitrogens with zero attached hydrogens (tertiary/aromatic N) is 8. The van der Waals surface area contributed by atoms with Gasteiger partial charge in [0.05, 0.1) is 18.5 Å². The van der Waals surface area contributed by atoms with Crippen molar-refractivity contribution >= 4 is 70.9 Å². The predicted molar refractivity (Wildman–Crippen MR) is 348 cm³/mol. The molecule has 0 unspecified atom stereocenters. The van der Waals surface area contributed by atoms with Crippen molar-refractivity contribution < 1.29 is 67.4 Å². The number of ether oxygens (including phenoxy) is 1. The van der Waals surface area contributed by atoms with Gasteiger partial charge in [-0.05, 0) is 108 Å². The Kier molecular flexibility index (Phi) is 26.7. The Balaban J connectivity index is 1.14.